The summed E-state index contributed by atoms with van der Waals surface area (Å²) in [5.74, 6) is 0. The van der Waals surface area contributed by atoms with Gasteiger partial charge in [0.2, 0.25) is 0 Å². The second-order valence-electron chi connectivity index (χ2n) is 12.0. The van der Waals surface area contributed by atoms with Crippen molar-refractivity contribution in [3.05, 3.63) is 182 Å². The Morgan fingerprint density at radius 3 is 1.94 bits per heavy atom. The van der Waals surface area contributed by atoms with Gasteiger partial charge in [0.25, 0.3) is 0 Å². The molecule has 11 rings (SSSR count). The Morgan fingerprint density at radius 1 is 0.412 bits per heavy atom. The Hall–Kier alpha value is -6.84. The van der Waals surface area contributed by atoms with Crippen LogP contribution in [0.2, 0.25) is 0 Å². The summed E-state index contributed by atoms with van der Waals surface area (Å²) in [6, 6.07) is 14.4. The average molecular weight is 668 g/mol. The van der Waals surface area contributed by atoms with Gasteiger partial charge in [-0.15, -0.1) is 0 Å². The lowest BCUT2D eigenvalue weighted by atomic mass is 9.98. The number of nitrogens with zero attached hydrogens (tertiary/aromatic N) is 2. The minimum absolute atomic E-state index is 0.00468. The molecule has 0 amide bonds. The van der Waals surface area contributed by atoms with Crippen LogP contribution in [-0.4, -0.2) is 9.13 Å². The minimum atomic E-state index is -0.661. The standard InChI is InChI=1S/C48H30N2O/c1-2-12-31(13-3-1)32-14-10-15-33(28-32)34-24-26-39-47(29-34)51-46-23-11-22-45(48(39)46)50-43-21-9-6-18-38(43)40-30-35(25-27-44(40)50)49-41-19-7-4-16-36(41)37-17-5-8-20-42(37)49/h1-30H/i1D,2D,3D,4D,5D,7D,8D,10D,12D,13D,14D,15D,16D,17D,19D,20D,28D. The summed E-state index contributed by atoms with van der Waals surface area (Å²) in [6.07, 6.45) is 0. The lowest BCUT2D eigenvalue weighted by Gasteiger charge is -2.11. The van der Waals surface area contributed by atoms with E-state index in [0.29, 0.717) is 44.2 Å². The molecule has 0 bridgehead atoms. The molecular formula is C48H30N2O. The Labute approximate surface area is 317 Å². The molecule has 0 atom stereocenters. The number of benzene rings is 8. The number of furan rings is 1. The second kappa shape index (κ2) is 10.8. The van der Waals surface area contributed by atoms with E-state index in [0.717, 1.165) is 10.9 Å². The number of aromatic nitrogens is 2. The third kappa shape index (κ3) is 4.19. The number of hydrogen-bond acceptors (Lipinski definition) is 1. The highest BCUT2D eigenvalue weighted by molar-refractivity contribution is 6.15. The summed E-state index contributed by atoms with van der Waals surface area (Å²) in [4.78, 5) is 0. The first-order valence-electron chi connectivity index (χ1n) is 24.5. The predicted octanol–water partition coefficient (Wildman–Crippen LogP) is 13.1. The smallest absolute Gasteiger partial charge is 0.137 e. The molecule has 0 saturated carbocycles. The van der Waals surface area contributed by atoms with Crippen LogP contribution in [0.5, 0.6) is 0 Å². The van der Waals surface area contributed by atoms with Gasteiger partial charge < -0.3 is 13.6 Å². The largest absolute Gasteiger partial charge is 0.456 e. The van der Waals surface area contributed by atoms with Gasteiger partial charge in [-0.25, -0.2) is 0 Å². The molecule has 0 aliphatic rings. The number of para-hydroxylation sites is 3. The molecule has 51 heavy (non-hydrogen) atoms. The summed E-state index contributed by atoms with van der Waals surface area (Å²) in [7, 11) is 0. The van der Waals surface area contributed by atoms with Crippen LogP contribution in [0.3, 0.4) is 0 Å². The molecule has 0 saturated heterocycles. The van der Waals surface area contributed by atoms with Gasteiger partial charge in [0.15, 0.2) is 0 Å². The maximum Gasteiger partial charge on any atom is 0.137 e. The summed E-state index contributed by atoms with van der Waals surface area (Å²) in [5.41, 5.74) is 2.80. The van der Waals surface area contributed by atoms with Crippen LogP contribution < -0.4 is 0 Å². The van der Waals surface area contributed by atoms with Crippen LogP contribution in [0.25, 0.3) is 99.2 Å². The van der Waals surface area contributed by atoms with Crippen molar-refractivity contribution in [1.82, 2.24) is 9.13 Å². The van der Waals surface area contributed by atoms with Gasteiger partial charge in [0, 0.05) is 32.6 Å². The van der Waals surface area contributed by atoms with Gasteiger partial charge in [-0.1, -0.05) is 115 Å². The lowest BCUT2D eigenvalue weighted by molar-refractivity contribution is 0.669. The van der Waals surface area contributed by atoms with Gasteiger partial charge in [0.05, 0.1) is 56.4 Å². The molecule has 3 heteroatoms. The van der Waals surface area contributed by atoms with E-state index in [1.807, 2.05) is 53.1 Å². The minimum Gasteiger partial charge on any atom is -0.456 e. The summed E-state index contributed by atoms with van der Waals surface area (Å²) in [6.45, 7) is 0. The molecule has 0 unspecified atom stereocenters. The van der Waals surface area contributed by atoms with E-state index in [-0.39, 0.29) is 38.5 Å². The molecule has 11 aromatic rings. The number of fused-ring (bicyclic) bond motifs is 9. The van der Waals surface area contributed by atoms with E-state index >= 15 is 0 Å². The highest BCUT2D eigenvalue weighted by Gasteiger charge is 2.19. The van der Waals surface area contributed by atoms with Crippen LogP contribution >= 0.6 is 0 Å². The van der Waals surface area contributed by atoms with Crippen molar-refractivity contribution in [2.75, 3.05) is 0 Å². The fraction of sp³-hybridized carbons (Fsp3) is 0. The first kappa shape index (κ1) is 16.2. The summed E-state index contributed by atoms with van der Waals surface area (Å²) in [5, 5.41) is 2.79. The third-order valence-electron chi connectivity index (χ3n) is 9.33. The van der Waals surface area contributed by atoms with Gasteiger partial charge in [-0.3, -0.25) is 0 Å². The predicted molar refractivity (Wildman–Crippen MR) is 213 cm³/mol. The van der Waals surface area contributed by atoms with Crippen LogP contribution in [0, 0.1) is 0 Å². The molecule has 0 spiro atoms. The molecule has 3 heterocycles. The quantitative estimate of drug-likeness (QED) is 0.183. The van der Waals surface area contributed by atoms with Crippen molar-refractivity contribution < 1.29 is 27.7 Å². The van der Waals surface area contributed by atoms with E-state index < -0.39 is 108 Å². The molecule has 0 aliphatic carbocycles. The van der Waals surface area contributed by atoms with Crippen molar-refractivity contribution in [1.29, 1.82) is 0 Å². The van der Waals surface area contributed by atoms with E-state index in [2.05, 4.69) is 0 Å². The van der Waals surface area contributed by atoms with Crippen molar-refractivity contribution in [2.24, 2.45) is 0 Å². The Balaban J connectivity index is 1.14. The van der Waals surface area contributed by atoms with Crippen LogP contribution in [0.4, 0.5) is 0 Å². The summed E-state index contributed by atoms with van der Waals surface area (Å²) >= 11 is 0. The Bertz CT molecular complexity index is 4030. The highest BCUT2D eigenvalue weighted by Crippen LogP contribution is 2.41. The molecule has 8 aromatic carbocycles. The SMILES string of the molecule is [2H]c1c([2H])c([2H])c(-c2c([2H])c([2H])c([2H])c(-c3ccc4c(c3)oc3cccc(-n5c6ccccc6c6cc(-n7c8c([2H])c([2H])c([2H])c([2H])c8c8c([2H])c([2H])c([2H])c([2H])c87)ccc65)c34)c2[2H])c([2H])c1[2H]. The monoisotopic (exact) mass is 667 g/mol. The fourth-order valence-corrected chi connectivity index (χ4v) is 7.18. The van der Waals surface area contributed by atoms with Crippen molar-refractivity contribution in [3.8, 4) is 33.6 Å². The molecule has 3 aromatic heterocycles. The zero-order valence-corrected chi connectivity index (χ0v) is 26.3. The maximum absolute atomic E-state index is 9.24. The van der Waals surface area contributed by atoms with Gasteiger partial charge in [-0.2, -0.15) is 0 Å². The number of hydrogen-bond donors (Lipinski definition) is 0. The number of rotatable bonds is 4. The molecule has 238 valence electrons. The maximum atomic E-state index is 9.24. The van der Waals surface area contributed by atoms with E-state index in [9.17, 15) is 1.37 Å². The molecule has 3 nitrogen and oxygen atoms in total. The first-order valence-corrected chi connectivity index (χ1v) is 16.0. The van der Waals surface area contributed by atoms with Gasteiger partial charge >= 0.3 is 0 Å². The normalized spacial score (nSPS) is 16.6. The van der Waals surface area contributed by atoms with Crippen LogP contribution in [0.1, 0.15) is 23.3 Å². The van der Waals surface area contributed by atoms with Gasteiger partial charge in [-0.05, 0) is 88.9 Å². The van der Waals surface area contributed by atoms with Crippen LogP contribution in [0.15, 0.2) is 186 Å². The topological polar surface area (TPSA) is 23.0 Å². The van der Waals surface area contributed by atoms with Crippen molar-refractivity contribution in [2.45, 2.75) is 0 Å². The zero-order chi connectivity index (χ0) is 48.3. The molecular weight excluding hydrogens is 621 g/mol. The first-order chi connectivity index (χ1) is 32.4. The second-order valence-corrected chi connectivity index (χ2v) is 12.0. The Kier molecular flexibility index (Phi) is 3.45. The van der Waals surface area contributed by atoms with Crippen molar-refractivity contribution in [3.63, 3.8) is 0 Å². The summed E-state index contributed by atoms with van der Waals surface area (Å²) < 4.78 is 157. The lowest BCUT2D eigenvalue weighted by Crippen LogP contribution is -1.96. The van der Waals surface area contributed by atoms with E-state index in [1.54, 1.807) is 30.3 Å². The molecule has 0 fully saturated rings. The van der Waals surface area contributed by atoms with E-state index in [1.165, 1.54) is 4.57 Å². The average Bonchev–Trinajstić information content (AvgIpc) is 4.01. The zero-order valence-electron chi connectivity index (χ0n) is 43.3. The Morgan fingerprint density at radius 2 is 1.12 bits per heavy atom. The molecule has 0 N–H and O–H groups in total. The van der Waals surface area contributed by atoms with Gasteiger partial charge in [0.1, 0.15) is 11.2 Å². The highest BCUT2D eigenvalue weighted by atomic mass is 16.3. The molecule has 0 aliphatic heterocycles. The van der Waals surface area contributed by atoms with Crippen LogP contribution in [-0.2, 0) is 0 Å². The van der Waals surface area contributed by atoms with E-state index in [4.69, 9.17) is 26.3 Å². The van der Waals surface area contributed by atoms with Crippen molar-refractivity contribution >= 4 is 65.6 Å². The third-order valence-corrected chi connectivity index (χ3v) is 9.33. The fourth-order valence-electron chi connectivity index (χ4n) is 7.18. The molecule has 0 radical (unpaired) electrons.